The van der Waals surface area contributed by atoms with Gasteiger partial charge < -0.3 is 14.8 Å². The van der Waals surface area contributed by atoms with Crippen LogP contribution in [0.5, 0.6) is 11.5 Å². The van der Waals surface area contributed by atoms with Crippen molar-refractivity contribution in [2.75, 3.05) is 17.1 Å². The summed E-state index contributed by atoms with van der Waals surface area (Å²) in [7, 11) is -2.23. The van der Waals surface area contributed by atoms with Crippen LogP contribution in [0.25, 0.3) is 0 Å². The summed E-state index contributed by atoms with van der Waals surface area (Å²) in [6, 6.07) is 18.6. The summed E-state index contributed by atoms with van der Waals surface area (Å²) in [6.07, 6.45) is -0.299. The van der Waals surface area contributed by atoms with E-state index in [0.29, 0.717) is 29.3 Å². The van der Waals surface area contributed by atoms with Crippen LogP contribution in [0.1, 0.15) is 24.5 Å². The molecule has 0 aliphatic heterocycles. The lowest BCUT2D eigenvalue weighted by atomic mass is 10.1. The van der Waals surface area contributed by atoms with Crippen molar-refractivity contribution in [3.8, 4) is 11.5 Å². The van der Waals surface area contributed by atoms with Crippen molar-refractivity contribution < 1.29 is 22.7 Å². The highest BCUT2D eigenvalue weighted by Gasteiger charge is 2.21. The molecule has 1 amide bonds. The summed E-state index contributed by atoms with van der Waals surface area (Å²) in [5, 5.41) is 2.77. The minimum atomic E-state index is -3.76. The lowest BCUT2D eigenvalue weighted by Crippen LogP contribution is -2.32. The van der Waals surface area contributed by atoms with Crippen molar-refractivity contribution >= 4 is 27.3 Å². The largest absolute Gasteiger partial charge is 0.493 e. The predicted molar refractivity (Wildman–Crippen MR) is 129 cm³/mol. The van der Waals surface area contributed by atoms with E-state index in [1.165, 1.54) is 19.2 Å². The van der Waals surface area contributed by atoms with E-state index in [0.717, 1.165) is 11.1 Å². The van der Waals surface area contributed by atoms with Gasteiger partial charge in [-0.1, -0.05) is 36.8 Å². The van der Waals surface area contributed by atoms with Gasteiger partial charge in [0.15, 0.2) is 17.6 Å². The molecule has 2 N–H and O–H groups in total. The normalized spacial score (nSPS) is 12.0. The van der Waals surface area contributed by atoms with Crippen molar-refractivity contribution in [3.63, 3.8) is 0 Å². The number of rotatable bonds is 9. The summed E-state index contributed by atoms with van der Waals surface area (Å²) in [5.41, 5.74) is 2.88. The second kappa shape index (κ2) is 10.4. The SMILES string of the molecule is CC[C@H](Oc1ccccc1OC)C(=O)Nc1ccc(S(=O)(=O)Nc2ccc(C)cc2C)cc1. The molecule has 0 bridgehead atoms. The van der Waals surface area contributed by atoms with Gasteiger partial charge in [0.1, 0.15) is 0 Å². The Kier molecular flexibility index (Phi) is 7.60. The predicted octanol–water partition coefficient (Wildman–Crippen LogP) is 4.91. The fraction of sp³-hybridized carbons (Fsp3) is 0.240. The van der Waals surface area contributed by atoms with E-state index in [1.54, 1.807) is 36.4 Å². The zero-order chi connectivity index (χ0) is 24.0. The van der Waals surface area contributed by atoms with Gasteiger partial charge in [0, 0.05) is 5.69 Å². The van der Waals surface area contributed by atoms with Gasteiger partial charge in [0.05, 0.1) is 17.7 Å². The highest BCUT2D eigenvalue weighted by molar-refractivity contribution is 7.92. The molecule has 0 aliphatic carbocycles. The number of carbonyl (C=O) groups is 1. The van der Waals surface area contributed by atoms with Gasteiger partial charge in [-0.25, -0.2) is 8.42 Å². The molecule has 1 atom stereocenters. The highest BCUT2D eigenvalue weighted by atomic mass is 32.2. The van der Waals surface area contributed by atoms with Crippen LogP contribution >= 0.6 is 0 Å². The molecule has 7 nitrogen and oxygen atoms in total. The van der Waals surface area contributed by atoms with Gasteiger partial charge in [-0.05, 0) is 68.3 Å². The van der Waals surface area contributed by atoms with Gasteiger partial charge in [-0.2, -0.15) is 0 Å². The number of hydrogen-bond donors (Lipinski definition) is 2. The Hall–Kier alpha value is -3.52. The Morgan fingerprint density at radius 3 is 2.24 bits per heavy atom. The molecular weight excluding hydrogens is 440 g/mol. The molecule has 33 heavy (non-hydrogen) atoms. The van der Waals surface area contributed by atoms with Crippen molar-refractivity contribution in [3.05, 3.63) is 77.9 Å². The number of carbonyl (C=O) groups excluding carboxylic acids is 1. The summed E-state index contributed by atoms with van der Waals surface area (Å²) in [5.74, 6) is 0.669. The summed E-state index contributed by atoms with van der Waals surface area (Å²) in [4.78, 5) is 12.8. The lowest BCUT2D eigenvalue weighted by molar-refractivity contribution is -0.122. The van der Waals surface area contributed by atoms with E-state index in [2.05, 4.69) is 10.0 Å². The minimum absolute atomic E-state index is 0.0952. The average molecular weight is 469 g/mol. The smallest absolute Gasteiger partial charge is 0.265 e. The lowest BCUT2D eigenvalue weighted by Gasteiger charge is -2.19. The van der Waals surface area contributed by atoms with Crippen molar-refractivity contribution in [1.29, 1.82) is 0 Å². The van der Waals surface area contributed by atoms with Crippen molar-refractivity contribution in [2.24, 2.45) is 0 Å². The maximum atomic E-state index is 12.8. The minimum Gasteiger partial charge on any atom is -0.493 e. The zero-order valence-corrected chi connectivity index (χ0v) is 19.9. The highest BCUT2D eigenvalue weighted by Crippen LogP contribution is 2.28. The maximum absolute atomic E-state index is 12.8. The molecule has 174 valence electrons. The quantitative estimate of drug-likeness (QED) is 0.465. The van der Waals surface area contributed by atoms with E-state index in [-0.39, 0.29) is 10.8 Å². The van der Waals surface area contributed by atoms with E-state index in [1.807, 2.05) is 39.0 Å². The van der Waals surface area contributed by atoms with Crippen molar-refractivity contribution in [1.82, 2.24) is 0 Å². The molecular formula is C25H28N2O5S. The molecule has 0 spiro atoms. The van der Waals surface area contributed by atoms with Crippen LogP contribution in [0.3, 0.4) is 0 Å². The van der Waals surface area contributed by atoms with Crippen molar-refractivity contribution in [2.45, 2.75) is 38.2 Å². The topological polar surface area (TPSA) is 93.7 Å². The molecule has 0 fully saturated rings. The van der Waals surface area contributed by atoms with Crippen LogP contribution < -0.4 is 19.5 Å². The van der Waals surface area contributed by atoms with E-state index >= 15 is 0 Å². The summed E-state index contributed by atoms with van der Waals surface area (Å²) >= 11 is 0. The number of amides is 1. The molecule has 0 saturated heterocycles. The monoisotopic (exact) mass is 468 g/mol. The van der Waals surface area contributed by atoms with E-state index in [4.69, 9.17) is 9.47 Å². The first kappa shape index (κ1) is 24.1. The van der Waals surface area contributed by atoms with Gasteiger partial charge in [0.2, 0.25) is 0 Å². The third-order valence-electron chi connectivity index (χ3n) is 5.06. The molecule has 3 aromatic rings. The average Bonchev–Trinajstić information content (AvgIpc) is 2.79. The number of ether oxygens (including phenoxy) is 2. The fourth-order valence-electron chi connectivity index (χ4n) is 3.26. The number of anilines is 2. The number of hydrogen-bond acceptors (Lipinski definition) is 5. The zero-order valence-electron chi connectivity index (χ0n) is 19.1. The molecule has 3 rings (SSSR count). The number of para-hydroxylation sites is 2. The van der Waals surface area contributed by atoms with Crippen LogP contribution in [0.4, 0.5) is 11.4 Å². The van der Waals surface area contributed by atoms with Gasteiger partial charge in [-0.15, -0.1) is 0 Å². The molecule has 0 radical (unpaired) electrons. The van der Waals surface area contributed by atoms with Gasteiger partial charge in [-0.3, -0.25) is 9.52 Å². The molecule has 3 aromatic carbocycles. The van der Waals surface area contributed by atoms with Crippen LogP contribution in [0, 0.1) is 13.8 Å². The Morgan fingerprint density at radius 1 is 0.970 bits per heavy atom. The van der Waals surface area contributed by atoms with E-state index in [9.17, 15) is 13.2 Å². The number of benzene rings is 3. The molecule has 0 saturated carbocycles. The summed E-state index contributed by atoms with van der Waals surface area (Å²) < 4.78 is 39.2. The third-order valence-corrected chi connectivity index (χ3v) is 6.44. The maximum Gasteiger partial charge on any atom is 0.265 e. The van der Waals surface area contributed by atoms with E-state index < -0.39 is 16.1 Å². The second-order valence-corrected chi connectivity index (χ2v) is 9.29. The molecule has 0 unspecified atom stereocenters. The second-order valence-electron chi connectivity index (χ2n) is 7.60. The van der Waals surface area contributed by atoms with Gasteiger partial charge in [0.25, 0.3) is 15.9 Å². The van der Waals surface area contributed by atoms with Crippen LogP contribution in [-0.4, -0.2) is 27.5 Å². The third kappa shape index (κ3) is 6.04. The molecule has 0 aromatic heterocycles. The first-order valence-corrected chi connectivity index (χ1v) is 12.0. The van der Waals surface area contributed by atoms with Gasteiger partial charge >= 0.3 is 0 Å². The first-order chi connectivity index (χ1) is 15.7. The Balaban J connectivity index is 1.69. The Labute approximate surface area is 194 Å². The molecule has 8 heteroatoms. The first-order valence-electron chi connectivity index (χ1n) is 10.5. The Morgan fingerprint density at radius 2 is 1.64 bits per heavy atom. The number of nitrogens with one attached hydrogen (secondary N) is 2. The number of methoxy groups -OCH3 is 1. The summed E-state index contributed by atoms with van der Waals surface area (Å²) in [6.45, 7) is 5.64. The van der Waals surface area contributed by atoms with Crippen LogP contribution in [0.2, 0.25) is 0 Å². The number of aryl methyl sites for hydroxylation is 2. The van der Waals surface area contributed by atoms with Crippen LogP contribution in [0.15, 0.2) is 71.6 Å². The van der Waals surface area contributed by atoms with Crippen LogP contribution in [-0.2, 0) is 14.8 Å². The molecule has 0 aliphatic rings. The number of sulfonamides is 1. The Bertz CT molecular complexity index is 1220. The molecule has 0 heterocycles. The standard InChI is InChI=1S/C25H28N2O5S/c1-5-22(32-24-9-7-6-8-23(24)31-4)25(28)26-19-11-13-20(14-12-19)33(29,30)27-21-15-10-17(2)16-18(21)3/h6-16,22,27H,5H2,1-4H3,(H,26,28)/t22-/m0/s1. The fourth-order valence-corrected chi connectivity index (χ4v) is 4.39.